The van der Waals surface area contributed by atoms with Crippen molar-refractivity contribution in [3.63, 3.8) is 0 Å². The number of aliphatic carboxylic acids is 1. The molecule has 2 N–H and O–H groups in total. The number of alkyl halides is 2. The predicted molar refractivity (Wildman–Crippen MR) is 118 cm³/mol. The molecule has 1 aliphatic heterocycles. The van der Waals surface area contributed by atoms with E-state index in [4.69, 9.17) is 9.47 Å². The molecular formula is C25H29F2NO4. The molecule has 0 aromatic heterocycles. The predicted octanol–water partition coefficient (Wildman–Crippen LogP) is 5.58. The van der Waals surface area contributed by atoms with E-state index < -0.39 is 17.9 Å². The van der Waals surface area contributed by atoms with E-state index in [2.05, 4.69) is 5.32 Å². The lowest BCUT2D eigenvalue weighted by Gasteiger charge is -2.35. The first kappa shape index (κ1) is 22.7. The molecule has 2 aliphatic rings. The lowest BCUT2D eigenvalue weighted by atomic mass is 9.88. The maximum absolute atomic E-state index is 14.0. The Labute approximate surface area is 186 Å². The Bertz CT molecular complexity index is 968. The van der Waals surface area contributed by atoms with Crippen LogP contribution in [0.1, 0.15) is 55.7 Å². The number of ether oxygens (including phenoxy) is 2. The largest absolute Gasteiger partial charge is 0.480 e. The maximum atomic E-state index is 14.0. The van der Waals surface area contributed by atoms with Crippen LogP contribution < -0.4 is 5.32 Å². The Morgan fingerprint density at radius 1 is 1.19 bits per heavy atom. The van der Waals surface area contributed by atoms with Crippen molar-refractivity contribution in [2.45, 2.75) is 63.7 Å². The molecule has 0 spiro atoms. The molecule has 2 fully saturated rings. The molecule has 7 heteroatoms. The zero-order chi connectivity index (χ0) is 22.7. The molecule has 0 bridgehead atoms. The second-order valence-corrected chi connectivity index (χ2v) is 8.54. The van der Waals surface area contributed by atoms with E-state index in [1.54, 1.807) is 30.3 Å². The zero-order valence-electron chi connectivity index (χ0n) is 18.2. The average molecular weight is 446 g/mol. The summed E-state index contributed by atoms with van der Waals surface area (Å²) in [6.45, 7) is 2.90. The van der Waals surface area contributed by atoms with E-state index in [0.29, 0.717) is 54.9 Å². The summed E-state index contributed by atoms with van der Waals surface area (Å²) in [6, 6.07) is 10.7. The molecule has 0 radical (unpaired) electrons. The summed E-state index contributed by atoms with van der Waals surface area (Å²) >= 11 is 0. The van der Waals surface area contributed by atoms with Gasteiger partial charge in [-0.3, -0.25) is 0 Å². The van der Waals surface area contributed by atoms with Crippen LogP contribution >= 0.6 is 0 Å². The Morgan fingerprint density at radius 2 is 1.94 bits per heavy atom. The molecular weight excluding hydrogens is 416 g/mol. The van der Waals surface area contributed by atoms with Crippen LogP contribution in [0.5, 0.6) is 0 Å². The third-order valence-electron chi connectivity index (χ3n) is 6.33. The minimum atomic E-state index is -2.59. The van der Waals surface area contributed by atoms with E-state index in [1.165, 1.54) is 0 Å². The molecule has 1 heterocycles. The highest BCUT2D eigenvalue weighted by Gasteiger charge is 2.40. The summed E-state index contributed by atoms with van der Waals surface area (Å²) in [5.74, 6) is -0.920. The Kier molecular flexibility index (Phi) is 6.76. The highest BCUT2D eigenvalue weighted by molar-refractivity contribution is 5.83. The van der Waals surface area contributed by atoms with E-state index in [-0.39, 0.29) is 18.3 Å². The molecule has 32 heavy (non-hydrogen) atoms. The first-order valence-corrected chi connectivity index (χ1v) is 11.2. The molecule has 0 unspecified atom stereocenters. The fourth-order valence-electron chi connectivity index (χ4n) is 4.30. The van der Waals surface area contributed by atoms with Crippen LogP contribution in [0.2, 0.25) is 0 Å². The molecule has 0 atom stereocenters. The number of halogens is 2. The molecule has 2 aromatic rings. The number of rotatable bonds is 9. The van der Waals surface area contributed by atoms with Gasteiger partial charge in [0.2, 0.25) is 0 Å². The number of nitrogens with one attached hydrogen (secondary N) is 1. The van der Waals surface area contributed by atoms with Crippen molar-refractivity contribution >= 4 is 11.7 Å². The molecule has 5 nitrogen and oxygen atoms in total. The fraction of sp³-hybridized carbons (Fsp3) is 0.480. The second kappa shape index (κ2) is 9.55. The van der Waals surface area contributed by atoms with Crippen molar-refractivity contribution < 1.29 is 28.2 Å². The van der Waals surface area contributed by atoms with Crippen molar-refractivity contribution in [2.75, 3.05) is 18.5 Å². The Morgan fingerprint density at radius 3 is 2.56 bits per heavy atom. The number of carbonyl (C=O) groups is 1. The van der Waals surface area contributed by atoms with Gasteiger partial charge in [0.25, 0.3) is 6.43 Å². The summed E-state index contributed by atoms with van der Waals surface area (Å²) in [7, 11) is 0. The highest BCUT2D eigenvalue weighted by atomic mass is 19.3. The van der Waals surface area contributed by atoms with Crippen molar-refractivity contribution in [3.8, 4) is 11.1 Å². The van der Waals surface area contributed by atoms with Gasteiger partial charge in [-0.2, -0.15) is 0 Å². The first-order valence-electron chi connectivity index (χ1n) is 11.2. The lowest BCUT2D eigenvalue weighted by Crippen LogP contribution is -2.50. The standard InChI is InChI=1S/C25H29F2NO4/c1-2-16-4-3-5-21(22(16)23(26)27)20-9-6-18(14-17(20)15-32-19-7-8-19)28-25(24(29)30)10-12-31-13-11-25/h3-6,9,14,19,23,28H,2,7-8,10-13,15H2,1H3,(H,29,30). The van der Waals surface area contributed by atoms with Gasteiger partial charge < -0.3 is 19.9 Å². The van der Waals surface area contributed by atoms with Crippen molar-refractivity contribution in [2.24, 2.45) is 0 Å². The number of anilines is 1. The number of benzene rings is 2. The average Bonchev–Trinajstić information content (AvgIpc) is 3.62. The van der Waals surface area contributed by atoms with Gasteiger partial charge in [-0.05, 0) is 53.6 Å². The van der Waals surface area contributed by atoms with E-state index in [1.807, 2.05) is 13.0 Å². The summed E-state index contributed by atoms with van der Waals surface area (Å²) in [4.78, 5) is 12.0. The van der Waals surface area contributed by atoms with Gasteiger partial charge in [0.05, 0.1) is 12.7 Å². The van der Waals surface area contributed by atoms with Crippen molar-refractivity contribution in [1.82, 2.24) is 0 Å². The first-order chi connectivity index (χ1) is 15.4. The molecule has 172 valence electrons. The smallest absolute Gasteiger partial charge is 0.329 e. The summed E-state index contributed by atoms with van der Waals surface area (Å²) in [6.07, 6.45) is 0.847. The Hall–Kier alpha value is -2.51. The van der Waals surface area contributed by atoms with Crippen molar-refractivity contribution in [1.29, 1.82) is 0 Å². The normalized spacial score (nSPS) is 18.0. The highest BCUT2D eigenvalue weighted by Crippen LogP contribution is 2.38. The molecule has 1 saturated carbocycles. The topological polar surface area (TPSA) is 67.8 Å². The SMILES string of the molecule is CCc1cccc(-c2ccc(NC3(C(=O)O)CCOCC3)cc2COC2CC2)c1C(F)F. The van der Waals surface area contributed by atoms with Crippen molar-refractivity contribution in [3.05, 3.63) is 53.1 Å². The van der Waals surface area contributed by atoms with Crippen LogP contribution in [0.4, 0.5) is 14.5 Å². The summed E-state index contributed by atoms with van der Waals surface area (Å²) in [5, 5.41) is 13.1. The van der Waals surface area contributed by atoms with Crippen LogP contribution in [0.25, 0.3) is 11.1 Å². The molecule has 1 saturated heterocycles. The Balaban J connectivity index is 1.73. The molecule has 4 rings (SSSR count). The third kappa shape index (κ3) is 4.79. The van der Waals surface area contributed by atoms with E-state index >= 15 is 0 Å². The number of carboxylic acid groups (broad SMARTS) is 1. The van der Waals surface area contributed by atoms with Crippen LogP contribution in [0, 0.1) is 0 Å². The van der Waals surface area contributed by atoms with Crippen LogP contribution in [-0.4, -0.2) is 35.9 Å². The van der Waals surface area contributed by atoms with Gasteiger partial charge in [0.15, 0.2) is 0 Å². The molecule has 0 amide bonds. The van der Waals surface area contributed by atoms with E-state index in [0.717, 1.165) is 18.4 Å². The summed E-state index contributed by atoms with van der Waals surface area (Å²) < 4.78 is 39.3. The fourth-order valence-corrected chi connectivity index (χ4v) is 4.30. The quantitative estimate of drug-likeness (QED) is 0.528. The van der Waals surface area contributed by atoms with Crippen LogP contribution in [-0.2, 0) is 27.3 Å². The van der Waals surface area contributed by atoms with E-state index in [9.17, 15) is 18.7 Å². The minimum Gasteiger partial charge on any atom is -0.480 e. The zero-order valence-corrected chi connectivity index (χ0v) is 18.2. The second-order valence-electron chi connectivity index (χ2n) is 8.54. The van der Waals surface area contributed by atoms with Gasteiger partial charge in [-0.25, -0.2) is 13.6 Å². The van der Waals surface area contributed by atoms with Gasteiger partial charge in [0, 0.05) is 37.3 Å². The monoisotopic (exact) mass is 445 g/mol. The number of carboxylic acids is 1. The molecule has 1 aliphatic carbocycles. The number of aryl methyl sites for hydroxylation is 1. The lowest BCUT2D eigenvalue weighted by molar-refractivity contribution is -0.145. The van der Waals surface area contributed by atoms with Gasteiger partial charge in [-0.15, -0.1) is 0 Å². The minimum absolute atomic E-state index is 0.0508. The van der Waals surface area contributed by atoms with Crippen LogP contribution in [0.3, 0.4) is 0 Å². The van der Waals surface area contributed by atoms with Gasteiger partial charge >= 0.3 is 5.97 Å². The van der Waals surface area contributed by atoms with Gasteiger partial charge in [-0.1, -0.05) is 31.2 Å². The third-order valence-corrected chi connectivity index (χ3v) is 6.33. The van der Waals surface area contributed by atoms with Gasteiger partial charge in [0.1, 0.15) is 5.54 Å². The number of hydrogen-bond acceptors (Lipinski definition) is 4. The summed E-state index contributed by atoms with van der Waals surface area (Å²) in [5.41, 5.74) is 2.17. The maximum Gasteiger partial charge on any atom is 0.329 e. The number of hydrogen-bond donors (Lipinski definition) is 2. The molecule has 2 aromatic carbocycles. The van der Waals surface area contributed by atoms with Crippen LogP contribution in [0.15, 0.2) is 36.4 Å².